The first-order chi connectivity index (χ1) is 9.66. The van der Waals surface area contributed by atoms with Crippen LogP contribution < -0.4 is 5.73 Å². The van der Waals surface area contributed by atoms with Gasteiger partial charge in [0.25, 0.3) is 0 Å². The van der Waals surface area contributed by atoms with Gasteiger partial charge < -0.3 is 5.73 Å². The van der Waals surface area contributed by atoms with E-state index in [0.717, 1.165) is 16.6 Å². The van der Waals surface area contributed by atoms with Gasteiger partial charge in [-0.05, 0) is 12.1 Å². The van der Waals surface area contributed by atoms with Crippen molar-refractivity contribution in [3.8, 4) is 0 Å². The highest BCUT2D eigenvalue weighted by molar-refractivity contribution is 5.81. The van der Waals surface area contributed by atoms with Crippen molar-refractivity contribution in [2.75, 3.05) is 0 Å². The van der Waals surface area contributed by atoms with Crippen molar-refractivity contribution >= 4 is 10.9 Å². The van der Waals surface area contributed by atoms with Crippen LogP contribution in [0.1, 0.15) is 17.3 Å². The summed E-state index contributed by atoms with van der Waals surface area (Å²) in [7, 11) is 1.89. The van der Waals surface area contributed by atoms with Crippen LogP contribution in [0.2, 0.25) is 0 Å². The lowest BCUT2D eigenvalue weighted by Crippen LogP contribution is -2.15. The molecule has 0 radical (unpaired) electrons. The lowest BCUT2D eigenvalue weighted by Gasteiger charge is -2.11. The maximum Gasteiger partial charge on any atom is 0.146 e. The molecule has 20 heavy (non-hydrogen) atoms. The van der Waals surface area contributed by atoms with E-state index in [-0.39, 0.29) is 5.82 Å². The third-order valence-corrected chi connectivity index (χ3v) is 3.45. The highest BCUT2D eigenvalue weighted by atomic mass is 19.1. The van der Waals surface area contributed by atoms with Gasteiger partial charge in [-0.25, -0.2) is 4.39 Å². The van der Waals surface area contributed by atoms with E-state index in [1.54, 1.807) is 12.3 Å². The van der Waals surface area contributed by atoms with Gasteiger partial charge in [-0.2, -0.15) is 5.10 Å². The van der Waals surface area contributed by atoms with Crippen LogP contribution in [0.4, 0.5) is 4.39 Å². The molecule has 2 N–H and O–H groups in total. The van der Waals surface area contributed by atoms with Gasteiger partial charge in [0.15, 0.2) is 0 Å². The quantitative estimate of drug-likeness (QED) is 0.794. The molecule has 1 unspecified atom stereocenters. The Bertz CT molecular complexity index is 750. The molecule has 102 valence electrons. The molecule has 0 saturated carbocycles. The minimum Gasteiger partial charge on any atom is -0.324 e. The van der Waals surface area contributed by atoms with Gasteiger partial charge in [0.05, 0.1) is 17.4 Å². The van der Waals surface area contributed by atoms with E-state index in [2.05, 4.69) is 10.1 Å². The number of pyridine rings is 1. The summed E-state index contributed by atoms with van der Waals surface area (Å²) in [4.78, 5) is 3.74. The van der Waals surface area contributed by atoms with Gasteiger partial charge in [0, 0.05) is 36.7 Å². The first-order valence-corrected chi connectivity index (χ1v) is 6.42. The third kappa shape index (κ3) is 2.16. The number of halogens is 1. The zero-order chi connectivity index (χ0) is 14.1. The van der Waals surface area contributed by atoms with Crippen molar-refractivity contribution in [3.63, 3.8) is 0 Å². The number of para-hydroxylation sites is 1. The highest BCUT2D eigenvalue weighted by Crippen LogP contribution is 2.23. The molecular formula is C15H15FN4. The number of rotatable bonds is 3. The van der Waals surface area contributed by atoms with Crippen LogP contribution in [-0.2, 0) is 13.5 Å². The molecule has 3 rings (SSSR count). The molecule has 2 aromatic heterocycles. The zero-order valence-electron chi connectivity index (χ0n) is 11.1. The van der Waals surface area contributed by atoms with Crippen molar-refractivity contribution in [2.45, 2.75) is 12.5 Å². The molecule has 4 nitrogen and oxygen atoms in total. The Kier molecular flexibility index (Phi) is 3.20. The Labute approximate surface area is 116 Å². The van der Waals surface area contributed by atoms with Crippen molar-refractivity contribution < 1.29 is 4.39 Å². The second kappa shape index (κ2) is 5.02. The molecule has 0 bridgehead atoms. The fourth-order valence-electron chi connectivity index (χ4n) is 2.44. The Morgan fingerprint density at radius 2 is 2.10 bits per heavy atom. The van der Waals surface area contributed by atoms with Gasteiger partial charge in [-0.1, -0.05) is 18.2 Å². The number of hydrogen-bond donors (Lipinski definition) is 1. The lowest BCUT2D eigenvalue weighted by atomic mass is 10.0. The average molecular weight is 270 g/mol. The molecule has 0 spiro atoms. The number of aromatic nitrogens is 3. The zero-order valence-corrected chi connectivity index (χ0v) is 11.1. The van der Waals surface area contributed by atoms with E-state index in [4.69, 9.17) is 5.73 Å². The smallest absolute Gasteiger partial charge is 0.146 e. The van der Waals surface area contributed by atoms with Crippen LogP contribution in [0.15, 0.2) is 42.7 Å². The predicted octanol–water partition coefficient (Wildman–Crippen LogP) is 2.35. The highest BCUT2D eigenvalue weighted by Gasteiger charge is 2.16. The Hall–Kier alpha value is -2.27. The molecule has 0 aliphatic carbocycles. The molecule has 2 heterocycles. The molecular weight excluding hydrogens is 255 g/mol. The van der Waals surface area contributed by atoms with Gasteiger partial charge in [0.2, 0.25) is 0 Å². The molecule has 3 aromatic rings. The maximum absolute atomic E-state index is 13.7. The van der Waals surface area contributed by atoms with Gasteiger partial charge >= 0.3 is 0 Å². The van der Waals surface area contributed by atoms with E-state index in [1.807, 2.05) is 36.0 Å². The molecule has 1 atom stereocenters. The van der Waals surface area contributed by atoms with E-state index < -0.39 is 6.04 Å². The van der Waals surface area contributed by atoms with E-state index in [9.17, 15) is 4.39 Å². The van der Waals surface area contributed by atoms with Crippen LogP contribution in [0.5, 0.6) is 0 Å². The monoisotopic (exact) mass is 270 g/mol. The van der Waals surface area contributed by atoms with Gasteiger partial charge in [-0.3, -0.25) is 9.67 Å². The van der Waals surface area contributed by atoms with Gasteiger partial charge in [0.1, 0.15) is 5.82 Å². The number of fused-ring (bicyclic) bond motifs is 1. The summed E-state index contributed by atoms with van der Waals surface area (Å²) in [6, 6.07) is 9.13. The molecule has 0 aliphatic heterocycles. The molecule has 5 heteroatoms. The standard InChI is InChI=1S/C15H15FN4/c1-20-15-5-3-2-4-11(15)14(19-20)8-13(17)10-6-7-18-9-12(10)16/h2-7,9,13H,8,17H2,1H3. The van der Waals surface area contributed by atoms with E-state index in [1.165, 1.54) is 6.20 Å². The van der Waals surface area contributed by atoms with Crippen molar-refractivity contribution in [1.82, 2.24) is 14.8 Å². The maximum atomic E-state index is 13.7. The van der Waals surface area contributed by atoms with Crippen LogP contribution >= 0.6 is 0 Å². The first-order valence-electron chi connectivity index (χ1n) is 6.42. The normalized spacial score (nSPS) is 12.8. The topological polar surface area (TPSA) is 56.7 Å². The fraction of sp³-hybridized carbons (Fsp3) is 0.200. The molecule has 0 saturated heterocycles. The van der Waals surface area contributed by atoms with Crippen molar-refractivity contribution in [1.29, 1.82) is 0 Å². The molecule has 0 fully saturated rings. The molecule has 0 amide bonds. The number of nitrogens with two attached hydrogens (primary N) is 1. The number of aryl methyl sites for hydroxylation is 1. The van der Waals surface area contributed by atoms with Crippen LogP contribution in [0.25, 0.3) is 10.9 Å². The van der Waals surface area contributed by atoms with Crippen molar-refractivity contribution in [3.05, 3.63) is 59.8 Å². The summed E-state index contributed by atoms with van der Waals surface area (Å²) in [6.07, 6.45) is 3.23. The third-order valence-electron chi connectivity index (χ3n) is 3.45. The Balaban J connectivity index is 1.96. The van der Waals surface area contributed by atoms with Crippen molar-refractivity contribution in [2.24, 2.45) is 12.8 Å². The molecule has 1 aromatic carbocycles. The number of nitrogens with zero attached hydrogens (tertiary/aromatic N) is 3. The summed E-state index contributed by atoms with van der Waals surface area (Å²) in [5.74, 6) is -0.375. The first kappa shape index (κ1) is 12.7. The summed E-state index contributed by atoms with van der Waals surface area (Å²) in [6.45, 7) is 0. The number of hydrogen-bond acceptors (Lipinski definition) is 3. The second-order valence-electron chi connectivity index (χ2n) is 4.80. The Morgan fingerprint density at radius 1 is 1.30 bits per heavy atom. The lowest BCUT2D eigenvalue weighted by molar-refractivity contribution is 0.571. The van der Waals surface area contributed by atoms with Crippen LogP contribution in [-0.4, -0.2) is 14.8 Å². The minimum absolute atomic E-state index is 0.375. The van der Waals surface area contributed by atoms with E-state index in [0.29, 0.717) is 12.0 Å². The minimum atomic E-state index is -0.434. The fourth-order valence-corrected chi connectivity index (χ4v) is 2.44. The number of benzene rings is 1. The van der Waals surface area contributed by atoms with E-state index >= 15 is 0 Å². The predicted molar refractivity (Wildman–Crippen MR) is 75.5 cm³/mol. The van der Waals surface area contributed by atoms with Crippen LogP contribution in [0.3, 0.4) is 0 Å². The molecule has 0 aliphatic rings. The summed E-state index contributed by atoms with van der Waals surface area (Å²) >= 11 is 0. The Morgan fingerprint density at radius 3 is 2.90 bits per heavy atom. The second-order valence-corrected chi connectivity index (χ2v) is 4.80. The van der Waals surface area contributed by atoms with Crippen LogP contribution in [0, 0.1) is 5.82 Å². The summed E-state index contributed by atoms with van der Waals surface area (Å²) in [5.41, 5.74) is 8.51. The summed E-state index contributed by atoms with van der Waals surface area (Å²) < 4.78 is 15.5. The SMILES string of the molecule is Cn1nc(CC(N)c2ccncc2F)c2ccccc21. The summed E-state index contributed by atoms with van der Waals surface area (Å²) in [5, 5.41) is 5.54. The largest absolute Gasteiger partial charge is 0.324 e. The van der Waals surface area contributed by atoms with Gasteiger partial charge in [-0.15, -0.1) is 0 Å². The average Bonchev–Trinajstić information content (AvgIpc) is 2.76.